The highest BCUT2D eigenvalue weighted by atomic mass is 19.1. The average molecular weight is 515 g/mol. The number of carbonyl (C=O) groups is 2. The Morgan fingerprint density at radius 1 is 1.08 bits per heavy atom. The molecular formula is C29H27FN4O4. The first kappa shape index (κ1) is 25.0. The number of nitrogens with one attached hydrogen (secondary N) is 2. The number of phenols is 1. The van der Waals surface area contributed by atoms with E-state index in [1.54, 1.807) is 60.7 Å². The molecule has 1 heterocycles. The molecule has 1 saturated carbocycles. The van der Waals surface area contributed by atoms with Crippen molar-refractivity contribution in [3.63, 3.8) is 0 Å². The van der Waals surface area contributed by atoms with Gasteiger partial charge in [-0.25, -0.2) is 9.18 Å². The van der Waals surface area contributed by atoms with Gasteiger partial charge in [0.2, 0.25) is 0 Å². The molecule has 194 valence electrons. The lowest BCUT2D eigenvalue weighted by molar-refractivity contribution is 0.102. The number of para-hydroxylation sites is 1. The van der Waals surface area contributed by atoms with Crippen LogP contribution in [0.3, 0.4) is 0 Å². The molecule has 1 aliphatic rings. The molecule has 8 nitrogen and oxygen atoms in total. The topological polar surface area (TPSA) is 105 Å². The van der Waals surface area contributed by atoms with Crippen LogP contribution in [0.5, 0.6) is 11.5 Å². The Bertz CT molecular complexity index is 1500. The number of aromatic nitrogens is 2. The van der Waals surface area contributed by atoms with Crippen molar-refractivity contribution in [2.45, 2.75) is 31.7 Å². The predicted octanol–water partition coefficient (Wildman–Crippen LogP) is 5.68. The van der Waals surface area contributed by atoms with E-state index in [0.717, 1.165) is 25.0 Å². The Morgan fingerprint density at radius 3 is 2.55 bits per heavy atom. The summed E-state index contributed by atoms with van der Waals surface area (Å²) < 4.78 is 20.5. The van der Waals surface area contributed by atoms with Gasteiger partial charge in [-0.3, -0.25) is 4.79 Å². The summed E-state index contributed by atoms with van der Waals surface area (Å²) in [7, 11) is 1.49. The minimum Gasteiger partial charge on any atom is -0.507 e. The maximum atomic E-state index is 14.0. The van der Waals surface area contributed by atoms with Crippen LogP contribution in [0.1, 0.15) is 46.8 Å². The molecule has 3 N–H and O–H groups in total. The molecule has 0 bridgehead atoms. The molecule has 0 saturated heterocycles. The van der Waals surface area contributed by atoms with Crippen LogP contribution in [0, 0.1) is 5.82 Å². The van der Waals surface area contributed by atoms with Gasteiger partial charge < -0.3 is 20.5 Å². The maximum Gasteiger partial charge on any atom is 0.342 e. The van der Waals surface area contributed by atoms with Crippen LogP contribution in [-0.2, 0) is 6.54 Å². The molecule has 0 atom stereocenters. The third-order valence-electron chi connectivity index (χ3n) is 6.72. The molecule has 2 amide bonds. The number of benzene rings is 3. The molecule has 0 radical (unpaired) electrons. The number of hydrogen-bond donors (Lipinski definition) is 3. The van der Waals surface area contributed by atoms with Gasteiger partial charge in [-0.05, 0) is 49.2 Å². The number of anilines is 1. The number of ether oxygens (including phenoxy) is 1. The first-order chi connectivity index (χ1) is 18.4. The first-order valence-corrected chi connectivity index (χ1v) is 12.3. The number of nitrogens with zero attached hydrogens (tertiary/aromatic N) is 2. The number of hydrogen-bond acceptors (Lipinski definition) is 5. The zero-order valence-corrected chi connectivity index (χ0v) is 20.8. The van der Waals surface area contributed by atoms with Crippen molar-refractivity contribution >= 4 is 17.6 Å². The Morgan fingerprint density at radius 2 is 1.84 bits per heavy atom. The lowest BCUT2D eigenvalue weighted by Crippen LogP contribution is -2.31. The van der Waals surface area contributed by atoms with Crippen LogP contribution in [0.4, 0.5) is 14.9 Å². The molecule has 0 aliphatic heterocycles. The van der Waals surface area contributed by atoms with Gasteiger partial charge in [0.1, 0.15) is 17.3 Å². The van der Waals surface area contributed by atoms with Crippen molar-refractivity contribution in [2.75, 3.05) is 12.4 Å². The van der Waals surface area contributed by atoms with E-state index in [0.29, 0.717) is 33.8 Å². The quantitative estimate of drug-likeness (QED) is 0.294. The molecule has 4 aromatic rings. The van der Waals surface area contributed by atoms with Crippen LogP contribution in [-0.4, -0.2) is 33.9 Å². The summed E-state index contributed by atoms with van der Waals surface area (Å²) in [6.07, 6.45) is 2.94. The number of aromatic hydroxyl groups is 1. The van der Waals surface area contributed by atoms with Gasteiger partial charge in [0.05, 0.1) is 24.1 Å². The monoisotopic (exact) mass is 514 g/mol. The molecule has 1 aromatic heterocycles. The van der Waals surface area contributed by atoms with E-state index in [-0.39, 0.29) is 24.1 Å². The van der Waals surface area contributed by atoms with Crippen LogP contribution in [0.2, 0.25) is 0 Å². The molecule has 5 rings (SSSR count). The molecule has 0 unspecified atom stereocenters. The van der Waals surface area contributed by atoms with Crippen molar-refractivity contribution < 1.29 is 23.8 Å². The summed E-state index contributed by atoms with van der Waals surface area (Å²) in [6, 6.07) is 19.2. The Kier molecular flexibility index (Phi) is 7.08. The van der Waals surface area contributed by atoms with E-state index >= 15 is 0 Å². The standard InChI is InChI=1S/C29H27FN4O4/c1-38-27-12-5-3-10-22(27)28(36)32-20-13-14-21(26(35)15-20)24-16-25(18-8-6-9-18)34(33-24)29(37)31-17-19-7-2-4-11-23(19)30/h2-5,7,10-16,18,35H,6,8-9,17H2,1H3,(H,31,37)(H,32,36). The number of phenolic OH excluding ortho intramolecular Hbond substituents is 1. The van der Waals surface area contributed by atoms with Gasteiger partial charge in [-0.15, -0.1) is 0 Å². The van der Waals surface area contributed by atoms with Gasteiger partial charge in [0.15, 0.2) is 0 Å². The summed E-state index contributed by atoms with van der Waals surface area (Å²) in [5.74, 6) is -0.252. The highest BCUT2D eigenvalue weighted by molar-refractivity contribution is 6.06. The van der Waals surface area contributed by atoms with Crippen LogP contribution in [0.15, 0.2) is 72.8 Å². The van der Waals surface area contributed by atoms with Gasteiger partial charge in [0.25, 0.3) is 5.91 Å². The number of methoxy groups -OCH3 is 1. The fourth-order valence-electron chi connectivity index (χ4n) is 4.43. The molecule has 38 heavy (non-hydrogen) atoms. The maximum absolute atomic E-state index is 14.0. The van der Waals surface area contributed by atoms with Crippen molar-refractivity contribution in [3.8, 4) is 22.8 Å². The molecule has 1 fully saturated rings. The second kappa shape index (κ2) is 10.8. The van der Waals surface area contributed by atoms with Gasteiger partial charge in [0, 0.05) is 35.3 Å². The largest absolute Gasteiger partial charge is 0.507 e. The Labute approximate surface area is 219 Å². The smallest absolute Gasteiger partial charge is 0.342 e. The van der Waals surface area contributed by atoms with Gasteiger partial charge in [-0.2, -0.15) is 9.78 Å². The van der Waals surface area contributed by atoms with Gasteiger partial charge >= 0.3 is 6.03 Å². The number of rotatable bonds is 7. The van der Waals surface area contributed by atoms with E-state index in [9.17, 15) is 19.1 Å². The summed E-state index contributed by atoms with van der Waals surface area (Å²) in [5, 5.41) is 20.8. The van der Waals surface area contributed by atoms with E-state index in [2.05, 4.69) is 15.7 Å². The average Bonchev–Trinajstić information content (AvgIpc) is 3.31. The van der Waals surface area contributed by atoms with Crippen molar-refractivity contribution in [1.82, 2.24) is 15.1 Å². The molecule has 0 spiro atoms. The lowest BCUT2D eigenvalue weighted by atomic mass is 9.82. The third-order valence-corrected chi connectivity index (χ3v) is 6.72. The highest BCUT2D eigenvalue weighted by Gasteiger charge is 2.27. The minimum absolute atomic E-state index is 0.0245. The number of halogens is 1. The van der Waals surface area contributed by atoms with Crippen LogP contribution in [0.25, 0.3) is 11.3 Å². The molecule has 9 heteroatoms. The van der Waals surface area contributed by atoms with E-state index in [1.165, 1.54) is 23.9 Å². The first-order valence-electron chi connectivity index (χ1n) is 12.3. The zero-order chi connectivity index (χ0) is 26.6. The number of carbonyl (C=O) groups excluding carboxylic acids is 2. The Balaban J connectivity index is 1.37. The van der Waals surface area contributed by atoms with Crippen molar-refractivity contribution in [2.24, 2.45) is 0 Å². The van der Waals surface area contributed by atoms with Gasteiger partial charge in [-0.1, -0.05) is 36.8 Å². The van der Waals surface area contributed by atoms with Crippen LogP contribution >= 0.6 is 0 Å². The lowest BCUT2D eigenvalue weighted by Gasteiger charge is -2.25. The van der Waals surface area contributed by atoms with Crippen LogP contribution < -0.4 is 15.4 Å². The molecule has 1 aliphatic carbocycles. The third kappa shape index (κ3) is 5.08. The second-order valence-corrected chi connectivity index (χ2v) is 9.13. The van der Waals surface area contributed by atoms with Crippen molar-refractivity contribution in [1.29, 1.82) is 0 Å². The van der Waals surface area contributed by atoms with E-state index in [4.69, 9.17) is 4.74 Å². The van der Waals surface area contributed by atoms with E-state index < -0.39 is 11.8 Å². The summed E-state index contributed by atoms with van der Waals surface area (Å²) in [5.41, 5.74) is 2.72. The molecular weight excluding hydrogens is 487 g/mol. The normalized spacial score (nSPS) is 13.0. The minimum atomic E-state index is -0.471. The summed E-state index contributed by atoms with van der Waals surface area (Å²) in [6.45, 7) is 0.0245. The van der Waals surface area contributed by atoms with E-state index in [1.807, 2.05) is 0 Å². The second-order valence-electron chi connectivity index (χ2n) is 9.13. The highest BCUT2D eigenvalue weighted by Crippen LogP contribution is 2.39. The van der Waals surface area contributed by atoms with Crippen molar-refractivity contribution in [3.05, 3.63) is 95.4 Å². The summed E-state index contributed by atoms with van der Waals surface area (Å²) >= 11 is 0. The number of amides is 2. The predicted molar refractivity (Wildman–Crippen MR) is 141 cm³/mol. The summed E-state index contributed by atoms with van der Waals surface area (Å²) in [4.78, 5) is 25.8. The Hall–Kier alpha value is -4.66. The fraction of sp³-hybridized carbons (Fsp3) is 0.207. The SMILES string of the molecule is COc1ccccc1C(=O)Nc1ccc(-c2cc(C3CCC3)n(C(=O)NCc3ccccc3F)n2)c(O)c1. The fourth-order valence-corrected chi connectivity index (χ4v) is 4.43. The zero-order valence-electron chi connectivity index (χ0n) is 20.8. The molecule has 3 aromatic carbocycles.